The summed E-state index contributed by atoms with van der Waals surface area (Å²) in [5.74, 6) is 0.855. The highest BCUT2D eigenvalue weighted by atomic mass is 35.5. The molecule has 0 bridgehead atoms. The standard InChI is InChI=1S/C16H17Cl2NS/c1-11-4-2-3-5-16(11)20-10-14(19)9-12-8-13(17)6-7-15(12)18/h2-8,14H,9-10,19H2,1H3. The van der Waals surface area contributed by atoms with Gasteiger partial charge in [0.2, 0.25) is 0 Å². The van der Waals surface area contributed by atoms with Gasteiger partial charge in [0.15, 0.2) is 0 Å². The Morgan fingerprint density at radius 2 is 1.90 bits per heavy atom. The van der Waals surface area contributed by atoms with Crippen LogP contribution in [-0.4, -0.2) is 11.8 Å². The third-order valence-corrected chi connectivity index (χ3v) is 5.00. The lowest BCUT2D eigenvalue weighted by Gasteiger charge is -2.13. The fraction of sp³-hybridized carbons (Fsp3) is 0.250. The molecule has 106 valence electrons. The van der Waals surface area contributed by atoms with Gasteiger partial charge in [0.25, 0.3) is 0 Å². The molecule has 0 saturated heterocycles. The van der Waals surface area contributed by atoms with E-state index in [9.17, 15) is 0 Å². The largest absolute Gasteiger partial charge is 0.327 e. The molecular formula is C16H17Cl2NS. The zero-order valence-electron chi connectivity index (χ0n) is 11.3. The number of thioether (sulfide) groups is 1. The van der Waals surface area contributed by atoms with Crippen molar-refractivity contribution in [2.75, 3.05) is 5.75 Å². The third kappa shape index (κ3) is 4.42. The van der Waals surface area contributed by atoms with E-state index in [1.54, 1.807) is 17.8 Å². The number of rotatable bonds is 5. The first-order chi connectivity index (χ1) is 9.56. The van der Waals surface area contributed by atoms with E-state index in [1.165, 1.54) is 10.5 Å². The van der Waals surface area contributed by atoms with Crippen molar-refractivity contribution in [1.29, 1.82) is 0 Å². The highest BCUT2D eigenvalue weighted by Crippen LogP contribution is 2.25. The van der Waals surface area contributed by atoms with Gasteiger partial charge in [-0.3, -0.25) is 0 Å². The van der Waals surface area contributed by atoms with Crippen LogP contribution in [-0.2, 0) is 6.42 Å². The molecule has 0 radical (unpaired) electrons. The predicted molar refractivity (Wildman–Crippen MR) is 90.0 cm³/mol. The van der Waals surface area contributed by atoms with Crippen molar-refractivity contribution in [3.05, 3.63) is 63.6 Å². The number of hydrogen-bond donors (Lipinski definition) is 1. The Morgan fingerprint density at radius 1 is 1.15 bits per heavy atom. The number of benzene rings is 2. The van der Waals surface area contributed by atoms with Crippen LogP contribution in [0.5, 0.6) is 0 Å². The van der Waals surface area contributed by atoms with Crippen LogP contribution < -0.4 is 5.73 Å². The summed E-state index contributed by atoms with van der Waals surface area (Å²) >= 11 is 13.9. The Bertz CT molecular complexity index is 586. The molecule has 2 aromatic carbocycles. The van der Waals surface area contributed by atoms with Gasteiger partial charge in [-0.15, -0.1) is 11.8 Å². The van der Waals surface area contributed by atoms with Crippen LogP contribution in [0.15, 0.2) is 47.4 Å². The first-order valence-corrected chi connectivity index (χ1v) is 8.18. The van der Waals surface area contributed by atoms with Crippen LogP contribution in [0.3, 0.4) is 0 Å². The van der Waals surface area contributed by atoms with E-state index in [1.807, 2.05) is 18.2 Å². The Labute approximate surface area is 134 Å². The van der Waals surface area contributed by atoms with Gasteiger partial charge in [0.1, 0.15) is 0 Å². The van der Waals surface area contributed by atoms with Crippen molar-refractivity contribution in [2.45, 2.75) is 24.3 Å². The molecule has 2 N–H and O–H groups in total. The first-order valence-electron chi connectivity index (χ1n) is 6.44. The molecule has 0 aliphatic carbocycles. The molecule has 1 atom stereocenters. The normalized spacial score (nSPS) is 12.4. The molecule has 0 aliphatic rings. The van der Waals surface area contributed by atoms with E-state index in [-0.39, 0.29) is 6.04 Å². The number of nitrogens with two attached hydrogens (primary N) is 1. The van der Waals surface area contributed by atoms with Gasteiger partial charge in [0.05, 0.1) is 0 Å². The predicted octanol–water partition coefficient (Wildman–Crippen LogP) is 4.96. The first kappa shape index (κ1) is 15.7. The third-order valence-electron chi connectivity index (χ3n) is 3.04. The Morgan fingerprint density at radius 3 is 2.65 bits per heavy atom. The Hall–Kier alpha value is -0.670. The van der Waals surface area contributed by atoms with Gasteiger partial charge < -0.3 is 5.73 Å². The van der Waals surface area contributed by atoms with Gasteiger partial charge in [-0.25, -0.2) is 0 Å². The molecule has 0 spiro atoms. The second-order valence-corrected chi connectivity index (χ2v) is 6.68. The molecule has 0 amide bonds. The van der Waals surface area contributed by atoms with Gasteiger partial charge >= 0.3 is 0 Å². The van der Waals surface area contributed by atoms with Crippen LogP contribution in [0.4, 0.5) is 0 Å². The van der Waals surface area contributed by atoms with Crippen LogP contribution in [0.25, 0.3) is 0 Å². The highest BCUT2D eigenvalue weighted by Gasteiger charge is 2.09. The SMILES string of the molecule is Cc1ccccc1SCC(N)Cc1cc(Cl)ccc1Cl. The van der Waals surface area contributed by atoms with Gasteiger partial charge in [-0.2, -0.15) is 0 Å². The number of hydrogen-bond acceptors (Lipinski definition) is 2. The summed E-state index contributed by atoms with van der Waals surface area (Å²) in [6.45, 7) is 2.11. The minimum absolute atomic E-state index is 0.0515. The molecule has 0 aliphatic heterocycles. The minimum Gasteiger partial charge on any atom is -0.327 e. The molecule has 0 heterocycles. The van der Waals surface area contributed by atoms with Crippen molar-refractivity contribution < 1.29 is 0 Å². The topological polar surface area (TPSA) is 26.0 Å². The van der Waals surface area contributed by atoms with Crippen LogP contribution in [0, 0.1) is 6.92 Å². The monoisotopic (exact) mass is 325 g/mol. The van der Waals surface area contributed by atoms with E-state index in [4.69, 9.17) is 28.9 Å². The van der Waals surface area contributed by atoms with Crippen molar-refractivity contribution in [3.63, 3.8) is 0 Å². The number of aryl methyl sites for hydroxylation is 1. The molecular weight excluding hydrogens is 309 g/mol. The van der Waals surface area contributed by atoms with Gasteiger partial charge in [-0.1, -0.05) is 41.4 Å². The lowest BCUT2D eigenvalue weighted by molar-refractivity contribution is 0.749. The molecule has 0 fully saturated rings. The second-order valence-electron chi connectivity index (χ2n) is 4.78. The van der Waals surface area contributed by atoms with E-state index in [0.717, 1.165) is 22.8 Å². The summed E-state index contributed by atoms with van der Waals surface area (Å²) in [5.41, 5.74) is 8.49. The molecule has 2 rings (SSSR count). The average molecular weight is 326 g/mol. The molecule has 0 saturated carbocycles. The molecule has 2 aromatic rings. The fourth-order valence-corrected chi connectivity index (χ4v) is 3.33. The molecule has 1 unspecified atom stereocenters. The molecule has 0 aromatic heterocycles. The van der Waals surface area contributed by atoms with E-state index < -0.39 is 0 Å². The maximum Gasteiger partial charge on any atom is 0.0439 e. The lowest BCUT2D eigenvalue weighted by atomic mass is 10.1. The van der Waals surface area contributed by atoms with Crippen molar-refractivity contribution >= 4 is 35.0 Å². The summed E-state index contributed by atoms with van der Waals surface area (Å²) in [7, 11) is 0. The maximum absolute atomic E-state index is 6.20. The summed E-state index contributed by atoms with van der Waals surface area (Å²) in [6.07, 6.45) is 0.734. The smallest absolute Gasteiger partial charge is 0.0439 e. The summed E-state index contributed by atoms with van der Waals surface area (Å²) in [6, 6.07) is 13.9. The van der Waals surface area contributed by atoms with Crippen LogP contribution in [0.1, 0.15) is 11.1 Å². The van der Waals surface area contributed by atoms with Crippen molar-refractivity contribution in [3.8, 4) is 0 Å². The van der Waals surface area contributed by atoms with Crippen molar-refractivity contribution in [2.24, 2.45) is 5.73 Å². The number of halogens is 2. The quantitative estimate of drug-likeness (QED) is 0.786. The van der Waals surface area contributed by atoms with E-state index >= 15 is 0 Å². The fourth-order valence-electron chi connectivity index (χ4n) is 1.96. The van der Waals surface area contributed by atoms with Crippen molar-refractivity contribution in [1.82, 2.24) is 0 Å². The summed E-state index contributed by atoms with van der Waals surface area (Å²) in [5, 5.41) is 1.42. The Balaban J connectivity index is 1.94. The van der Waals surface area contributed by atoms with Crippen LogP contribution >= 0.6 is 35.0 Å². The van der Waals surface area contributed by atoms with E-state index in [2.05, 4.69) is 25.1 Å². The molecule has 1 nitrogen and oxygen atoms in total. The van der Waals surface area contributed by atoms with E-state index in [0.29, 0.717) is 5.02 Å². The second kappa shape index (κ2) is 7.37. The zero-order valence-corrected chi connectivity index (χ0v) is 13.6. The highest BCUT2D eigenvalue weighted by molar-refractivity contribution is 7.99. The zero-order chi connectivity index (χ0) is 14.5. The Kier molecular flexibility index (Phi) is 5.79. The summed E-state index contributed by atoms with van der Waals surface area (Å²) in [4.78, 5) is 1.28. The van der Waals surface area contributed by atoms with Gasteiger partial charge in [-0.05, 0) is 48.7 Å². The molecule has 20 heavy (non-hydrogen) atoms. The van der Waals surface area contributed by atoms with Gasteiger partial charge in [0, 0.05) is 26.7 Å². The van der Waals surface area contributed by atoms with Crippen LogP contribution in [0.2, 0.25) is 10.0 Å². The average Bonchev–Trinajstić information content (AvgIpc) is 2.42. The minimum atomic E-state index is 0.0515. The maximum atomic E-state index is 6.20. The summed E-state index contributed by atoms with van der Waals surface area (Å²) < 4.78 is 0. The lowest BCUT2D eigenvalue weighted by Crippen LogP contribution is -2.25. The molecule has 4 heteroatoms.